The van der Waals surface area contributed by atoms with Crippen molar-refractivity contribution in [3.63, 3.8) is 0 Å². The Morgan fingerprint density at radius 3 is 2.88 bits per heavy atom. The van der Waals surface area contributed by atoms with E-state index in [1.54, 1.807) is 17.4 Å². The fourth-order valence-corrected chi connectivity index (χ4v) is 3.88. The van der Waals surface area contributed by atoms with Crippen LogP contribution in [0.25, 0.3) is 10.6 Å². The summed E-state index contributed by atoms with van der Waals surface area (Å²) in [5, 5.41) is 5.98. The first kappa shape index (κ1) is 15.1. The van der Waals surface area contributed by atoms with E-state index in [2.05, 4.69) is 36.3 Å². The van der Waals surface area contributed by atoms with Crippen LogP contribution in [0.5, 0.6) is 0 Å². The van der Waals surface area contributed by atoms with Gasteiger partial charge >= 0.3 is 0 Å². The summed E-state index contributed by atoms with van der Waals surface area (Å²) in [4.78, 5) is 15.8. The molecule has 0 radical (unpaired) electrons. The molecule has 4 nitrogen and oxygen atoms in total. The molecule has 24 heavy (non-hydrogen) atoms. The molecular weight excluding hydrogens is 320 g/mol. The van der Waals surface area contributed by atoms with E-state index < -0.39 is 0 Å². The van der Waals surface area contributed by atoms with Gasteiger partial charge in [-0.25, -0.2) is 0 Å². The summed E-state index contributed by atoms with van der Waals surface area (Å²) in [6.07, 6.45) is 2.00. The molecule has 4 rings (SSSR count). The molecule has 1 saturated heterocycles. The Morgan fingerprint density at radius 2 is 2.12 bits per heavy atom. The SMILES string of the molecule is Cc1ccc(C2CCCN2C(=O)c2cc(-c3cccs3)on2)cc1. The van der Waals surface area contributed by atoms with Crippen molar-refractivity contribution in [2.24, 2.45) is 0 Å². The Bertz CT molecular complexity index is 837. The minimum atomic E-state index is -0.0513. The number of amides is 1. The fourth-order valence-electron chi connectivity index (χ4n) is 3.20. The van der Waals surface area contributed by atoms with Crippen LogP contribution in [0.1, 0.15) is 40.5 Å². The van der Waals surface area contributed by atoms with E-state index in [0.717, 1.165) is 24.3 Å². The molecule has 1 aliphatic heterocycles. The molecule has 3 heterocycles. The molecule has 1 aliphatic rings. The maximum absolute atomic E-state index is 12.9. The number of thiophene rings is 1. The second-order valence-corrected chi connectivity index (χ2v) is 7.07. The Kier molecular flexibility index (Phi) is 3.94. The van der Waals surface area contributed by atoms with E-state index in [1.807, 2.05) is 22.4 Å². The van der Waals surface area contributed by atoms with Gasteiger partial charge in [-0.3, -0.25) is 4.79 Å². The summed E-state index contributed by atoms with van der Waals surface area (Å²) in [5.74, 6) is 0.601. The number of aryl methyl sites for hydroxylation is 1. The van der Waals surface area contributed by atoms with Gasteiger partial charge in [-0.05, 0) is 36.8 Å². The van der Waals surface area contributed by atoms with Crippen molar-refractivity contribution in [2.75, 3.05) is 6.54 Å². The predicted octanol–water partition coefficient (Wildman–Crippen LogP) is 4.69. The number of likely N-dealkylation sites (tertiary alicyclic amines) is 1. The van der Waals surface area contributed by atoms with Crippen molar-refractivity contribution in [1.29, 1.82) is 0 Å². The Labute approximate surface area is 144 Å². The molecule has 1 aromatic carbocycles. The molecule has 1 amide bonds. The third kappa shape index (κ3) is 2.76. The summed E-state index contributed by atoms with van der Waals surface area (Å²) in [6.45, 7) is 2.83. The van der Waals surface area contributed by atoms with E-state index in [-0.39, 0.29) is 11.9 Å². The Morgan fingerprint density at radius 1 is 1.29 bits per heavy atom. The van der Waals surface area contributed by atoms with Gasteiger partial charge in [-0.1, -0.05) is 41.1 Å². The zero-order chi connectivity index (χ0) is 16.5. The third-order valence-corrected chi connectivity index (χ3v) is 5.35. The lowest BCUT2D eigenvalue weighted by Gasteiger charge is -2.24. The summed E-state index contributed by atoms with van der Waals surface area (Å²) in [7, 11) is 0. The standard InChI is InChI=1S/C19H18N2O2S/c1-13-6-8-14(9-7-13)16-4-2-10-21(16)19(22)15-12-17(23-20-15)18-5-3-11-24-18/h3,5-9,11-12,16H,2,4,10H2,1H3. The first-order chi connectivity index (χ1) is 11.7. The zero-order valence-corrected chi connectivity index (χ0v) is 14.3. The largest absolute Gasteiger partial charge is 0.355 e. The average molecular weight is 338 g/mol. The molecular formula is C19H18N2O2S. The van der Waals surface area contributed by atoms with Crippen molar-refractivity contribution < 1.29 is 9.32 Å². The van der Waals surface area contributed by atoms with Gasteiger partial charge in [0.2, 0.25) is 0 Å². The molecule has 1 fully saturated rings. The van der Waals surface area contributed by atoms with Crippen LogP contribution in [0.3, 0.4) is 0 Å². The van der Waals surface area contributed by atoms with Gasteiger partial charge in [0.1, 0.15) is 0 Å². The maximum atomic E-state index is 12.9. The topological polar surface area (TPSA) is 46.3 Å². The highest BCUT2D eigenvalue weighted by Crippen LogP contribution is 2.34. The number of aromatic nitrogens is 1. The molecule has 0 spiro atoms. The van der Waals surface area contributed by atoms with E-state index in [0.29, 0.717) is 11.5 Å². The second kappa shape index (κ2) is 6.24. The fraction of sp³-hybridized carbons (Fsp3) is 0.263. The van der Waals surface area contributed by atoms with Crippen LogP contribution < -0.4 is 0 Å². The van der Waals surface area contributed by atoms with E-state index in [1.165, 1.54) is 11.1 Å². The maximum Gasteiger partial charge on any atom is 0.276 e. The van der Waals surface area contributed by atoms with Crippen molar-refractivity contribution in [1.82, 2.24) is 10.1 Å². The number of hydrogen-bond acceptors (Lipinski definition) is 4. The van der Waals surface area contributed by atoms with Crippen molar-refractivity contribution >= 4 is 17.2 Å². The van der Waals surface area contributed by atoms with Crippen molar-refractivity contribution in [3.8, 4) is 10.6 Å². The lowest BCUT2D eigenvalue weighted by atomic mass is 10.0. The highest BCUT2D eigenvalue weighted by molar-refractivity contribution is 7.13. The number of carbonyl (C=O) groups is 1. The Hall–Kier alpha value is -2.40. The highest BCUT2D eigenvalue weighted by Gasteiger charge is 2.32. The minimum absolute atomic E-state index is 0.0513. The summed E-state index contributed by atoms with van der Waals surface area (Å²) in [6, 6.07) is 14.2. The average Bonchev–Trinajstić information content (AvgIpc) is 3.34. The molecule has 5 heteroatoms. The normalized spacial score (nSPS) is 17.4. The van der Waals surface area contributed by atoms with Crippen LogP contribution in [0.4, 0.5) is 0 Å². The molecule has 1 atom stereocenters. The van der Waals surface area contributed by atoms with E-state index >= 15 is 0 Å². The van der Waals surface area contributed by atoms with Crippen LogP contribution in [-0.2, 0) is 0 Å². The van der Waals surface area contributed by atoms with Crippen LogP contribution in [0, 0.1) is 6.92 Å². The van der Waals surface area contributed by atoms with Crippen LogP contribution in [-0.4, -0.2) is 22.5 Å². The van der Waals surface area contributed by atoms with Gasteiger partial charge in [0.15, 0.2) is 11.5 Å². The van der Waals surface area contributed by atoms with Gasteiger partial charge in [-0.2, -0.15) is 0 Å². The number of hydrogen-bond donors (Lipinski definition) is 0. The first-order valence-electron chi connectivity index (χ1n) is 8.10. The lowest BCUT2D eigenvalue weighted by molar-refractivity contribution is 0.0725. The number of rotatable bonds is 3. The lowest BCUT2D eigenvalue weighted by Crippen LogP contribution is -2.30. The smallest absolute Gasteiger partial charge is 0.276 e. The van der Waals surface area contributed by atoms with Gasteiger partial charge in [0, 0.05) is 12.6 Å². The monoisotopic (exact) mass is 338 g/mol. The molecule has 1 unspecified atom stereocenters. The molecule has 122 valence electrons. The number of carbonyl (C=O) groups excluding carboxylic acids is 1. The summed E-state index contributed by atoms with van der Waals surface area (Å²) >= 11 is 1.57. The van der Waals surface area contributed by atoms with E-state index in [4.69, 9.17) is 4.52 Å². The predicted molar refractivity (Wildman–Crippen MR) is 94.0 cm³/mol. The van der Waals surface area contributed by atoms with Crippen LogP contribution in [0.15, 0.2) is 52.4 Å². The van der Waals surface area contributed by atoms with Crippen LogP contribution >= 0.6 is 11.3 Å². The van der Waals surface area contributed by atoms with Gasteiger partial charge in [0.05, 0.1) is 10.9 Å². The highest BCUT2D eigenvalue weighted by atomic mass is 32.1. The molecule has 0 bridgehead atoms. The molecule has 0 N–H and O–H groups in total. The van der Waals surface area contributed by atoms with Crippen LogP contribution in [0.2, 0.25) is 0 Å². The molecule has 0 aliphatic carbocycles. The Balaban J connectivity index is 1.58. The zero-order valence-electron chi connectivity index (χ0n) is 13.4. The first-order valence-corrected chi connectivity index (χ1v) is 8.98. The van der Waals surface area contributed by atoms with E-state index in [9.17, 15) is 4.79 Å². The molecule has 3 aromatic rings. The number of benzene rings is 1. The summed E-state index contributed by atoms with van der Waals surface area (Å²) < 4.78 is 5.36. The van der Waals surface area contributed by atoms with Crippen molar-refractivity contribution in [3.05, 3.63) is 64.7 Å². The second-order valence-electron chi connectivity index (χ2n) is 6.12. The molecule has 0 saturated carbocycles. The van der Waals surface area contributed by atoms with Crippen molar-refractivity contribution in [2.45, 2.75) is 25.8 Å². The van der Waals surface area contributed by atoms with Gasteiger partial charge in [-0.15, -0.1) is 11.3 Å². The minimum Gasteiger partial charge on any atom is -0.355 e. The van der Waals surface area contributed by atoms with Gasteiger partial charge in [0.25, 0.3) is 5.91 Å². The third-order valence-electron chi connectivity index (χ3n) is 4.47. The molecule has 2 aromatic heterocycles. The quantitative estimate of drug-likeness (QED) is 0.696. The number of nitrogens with zero attached hydrogens (tertiary/aromatic N) is 2. The summed E-state index contributed by atoms with van der Waals surface area (Å²) in [5.41, 5.74) is 2.80. The van der Waals surface area contributed by atoms with Gasteiger partial charge < -0.3 is 9.42 Å².